The van der Waals surface area contributed by atoms with E-state index in [2.05, 4.69) is 52.7 Å². The molecule has 2 heterocycles. The van der Waals surface area contributed by atoms with Crippen molar-refractivity contribution in [3.05, 3.63) is 42.1 Å². The van der Waals surface area contributed by atoms with Crippen molar-refractivity contribution < 1.29 is 4.52 Å². The first kappa shape index (κ1) is 15.4. The van der Waals surface area contributed by atoms with Gasteiger partial charge in [0, 0.05) is 22.4 Å². The Balaban J connectivity index is 1.93. The van der Waals surface area contributed by atoms with E-state index >= 15 is 0 Å². The number of nitrogens with zero attached hydrogens (tertiary/aromatic N) is 3. The summed E-state index contributed by atoms with van der Waals surface area (Å²) in [4.78, 5) is 0. The second kappa shape index (κ2) is 5.73. The molecule has 0 unspecified atom stereocenters. The third-order valence-electron chi connectivity index (χ3n) is 4.25. The van der Waals surface area contributed by atoms with E-state index in [0.29, 0.717) is 11.4 Å². The van der Waals surface area contributed by atoms with Crippen LogP contribution in [-0.4, -0.2) is 21.4 Å². The van der Waals surface area contributed by atoms with Crippen molar-refractivity contribution in [3.8, 4) is 11.1 Å². The van der Waals surface area contributed by atoms with Crippen LogP contribution in [0.25, 0.3) is 32.9 Å². The zero-order valence-corrected chi connectivity index (χ0v) is 14.4. The van der Waals surface area contributed by atoms with E-state index in [4.69, 9.17) is 10.3 Å². The minimum absolute atomic E-state index is 0.285. The summed E-state index contributed by atoms with van der Waals surface area (Å²) in [6.07, 6.45) is 1.77. The Hall–Kier alpha value is -3.15. The van der Waals surface area contributed by atoms with Gasteiger partial charge in [-0.2, -0.15) is 5.10 Å². The number of anilines is 2. The molecule has 0 amide bonds. The number of aromatic nitrogens is 3. The molecule has 0 aliphatic carbocycles. The third kappa shape index (κ3) is 2.55. The van der Waals surface area contributed by atoms with E-state index in [1.807, 2.05) is 19.1 Å². The Kier molecular flexibility index (Phi) is 3.53. The van der Waals surface area contributed by atoms with E-state index in [1.165, 1.54) is 0 Å². The van der Waals surface area contributed by atoms with Gasteiger partial charge in [0.25, 0.3) is 0 Å². The molecular weight excluding hydrogens is 314 g/mol. The summed E-state index contributed by atoms with van der Waals surface area (Å²) in [7, 11) is 0. The predicted octanol–water partition coefficient (Wildman–Crippen LogP) is 4.15. The Morgan fingerprint density at radius 1 is 1.12 bits per heavy atom. The first-order valence-corrected chi connectivity index (χ1v) is 8.21. The van der Waals surface area contributed by atoms with Crippen LogP contribution in [0.5, 0.6) is 0 Å². The van der Waals surface area contributed by atoms with Gasteiger partial charge in [-0.3, -0.25) is 0 Å². The van der Waals surface area contributed by atoms with Crippen molar-refractivity contribution in [1.82, 2.24) is 15.4 Å². The van der Waals surface area contributed by atoms with Crippen molar-refractivity contribution in [2.45, 2.75) is 26.8 Å². The van der Waals surface area contributed by atoms with Crippen LogP contribution < -0.4 is 11.1 Å². The van der Waals surface area contributed by atoms with Crippen LogP contribution in [0.2, 0.25) is 0 Å². The molecule has 0 atom stereocenters. The Labute approximate surface area is 145 Å². The van der Waals surface area contributed by atoms with Gasteiger partial charge in [0.2, 0.25) is 0 Å². The fraction of sp³-hybridized carbons (Fsp3) is 0.211. The van der Waals surface area contributed by atoms with Crippen LogP contribution in [-0.2, 0) is 0 Å². The van der Waals surface area contributed by atoms with Crippen LogP contribution in [0.15, 0.2) is 41.1 Å². The number of benzene rings is 2. The molecule has 0 saturated carbocycles. The molecule has 0 spiro atoms. The van der Waals surface area contributed by atoms with Gasteiger partial charge in [0.15, 0.2) is 17.2 Å². The highest BCUT2D eigenvalue weighted by molar-refractivity contribution is 6.01. The topological polar surface area (TPSA) is 89.9 Å². The summed E-state index contributed by atoms with van der Waals surface area (Å²) in [5.74, 6) is 1.20. The largest absolute Gasteiger partial charge is 0.380 e. The number of nitrogen functional groups attached to an aromatic ring is 1. The summed E-state index contributed by atoms with van der Waals surface area (Å²) in [6.45, 7) is 6.20. The standard InChI is InChI=1S/C19H19N5O/c1-10(2)22-19-14-7-5-12(8-13(14)9-21-23-19)16-11(3)4-6-15-17(16)25-24-18(15)20/h4-10H,1-3H3,(H2,20,24)(H,22,23). The van der Waals surface area contributed by atoms with E-state index in [1.54, 1.807) is 6.20 Å². The molecule has 0 aliphatic rings. The minimum atomic E-state index is 0.285. The van der Waals surface area contributed by atoms with E-state index in [9.17, 15) is 0 Å². The van der Waals surface area contributed by atoms with Crippen molar-refractivity contribution in [1.29, 1.82) is 0 Å². The average molecular weight is 333 g/mol. The molecule has 2 aromatic heterocycles. The van der Waals surface area contributed by atoms with Gasteiger partial charge in [0.1, 0.15) is 0 Å². The van der Waals surface area contributed by atoms with Gasteiger partial charge in [-0.1, -0.05) is 17.3 Å². The fourth-order valence-corrected chi connectivity index (χ4v) is 3.10. The second-order valence-electron chi connectivity index (χ2n) is 6.50. The maximum atomic E-state index is 5.90. The highest BCUT2D eigenvalue weighted by Gasteiger charge is 2.15. The second-order valence-corrected chi connectivity index (χ2v) is 6.50. The van der Waals surface area contributed by atoms with Crippen molar-refractivity contribution in [2.24, 2.45) is 0 Å². The van der Waals surface area contributed by atoms with Crippen molar-refractivity contribution in [3.63, 3.8) is 0 Å². The maximum Gasteiger partial charge on any atom is 0.177 e. The smallest absolute Gasteiger partial charge is 0.177 e. The van der Waals surface area contributed by atoms with Gasteiger partial charge < -0.3 is 15.6 Å². The first-order chi connectivity index (χ1) is 12.0. The van der Waals surface area contributed by atoms with E-state index in [-0.39, 0.29) is 6.04 Å². The molecule has 0 bridgehead atoms. The summed E-state index contributed by atoms with van der Waals surface area (Å²) >= 11 is 0. The molecule has 2 aromatic carbocycles. The molecule has 25 heavy (non-hydrogen) atoms. The van der Waals surface area contributed by atoms with Gasteiger partial charge in [-0.15, -0.1) is 5.10 Å². The Bertz CT molecular complexity index is 1080. The van der Waals surface area contributed by atoms with Gasteiger partial charge in [-0.05, 0) is 50.1 Å². The number of nitrogens with one attached hydrogen (secondary N) is 1. The van der Waals surface area contributed by atoms with Crippen molar-refractivity contribution >= 4 is 33.4 Å². The lowest BCUT2D eigenvalue weighted by molar-refractivity contribution is 0.461. The molecule has 0 saturated heterocycles. The molecule has 0 aliphatic heterocycles. The first-order valence-electron chi connectivity index (χ1n) is 8.21. The van der Waals surface area contributed by atoms with Gasteiger partial charge in [-0.25, -0.2) is 0 Å². The molecule has 6 heteroatoms. The highest BCUT2D eigenvalue weighted by atomic mass is 16.5. The van der Waals surface area contributed by atoms with Crippen LogP contribution in [0.3, 0.4) is 0 Å². The van der Waals surface area contributed by atoms with E-state index in [0.717, 1.165) is 38.7 Å². The number of aryl methyl sites for hydroxylation is 1. The number of rotatable bonds is 3. The Morgan fingerprint density at radius 3 is 2.72 bits per heavy atom. The summed E-state index contributed by atoms with van der Waals surface area (Å²) in [5, 5.41) is 18.4. The van der Waals surface area contributed by atoms with Crippen LogP contribution in [0, 0.1) is 6.92 Å². The molecule has 0 fully saturated rings. The van der Waals surface area contributed by atoms with Crippen LogP contribution in [0.1, 0.15) is 19.4 Å². The average Bonchev–Trinajstić information content (AvgIpc) is 2.95. The summed E-state index contributed by atoms with van der Waals surface area (Å²) in [6, 6.07) is 10.5. The zero-order valence-electron chi connectivity index (χ0n) is 14.4. The molecule has 3 N–H and O–H groups in total. The molecule has 126 valence electrons. The highest BCUT2D eigenvalue weighted by Crippen LogP contribution is 2.36. The van der Waals surface area contributed by atoms with Crippen molar-refractivity contribution in [2.75, 3.05) is 11.1 Å². The summed E-state index contributed by atoms with van der Waals surface area (Å²) < 4.78 is 5.49. The molecule has 4 rings (SSSR count). The van der Waals surface area contributed by atoms with Crippen LogP contribution >= 0.6 is 0 Å². The predicted molar refractivity (Wildman–Crippen MR) is 100 cm³/mol. The number of hydrogen-bond acceptors (Lipinski definition) is 6. The normalized spacial score (nSPS) is 11.5. The monoisotopic (exact) mass is 333 g/mol. The van der Waals surface area contributed by atoms with Crippen LogP contribution in [0.4, 0.5) is 11.6 Å². The Morgan fingerprint density at radius 2 is 1.92 bits per heavy atom. The lowest BCUT2D eigenvalue weighted by atomic mass is 9.96. The number of nitrogens with two attached hydrogens (primary N) is 1. The fourth-order valence-electron chi connectivity index (χ4n) is 3.10. The number of hydrogen-bond donors (Lipinski definition) is 2. The number of fused-ring (bicyclic) bond motifs is 2. The lowest BCUT2D eigenvalue weighted by Crippen LogP contribution is -2.11. The molecule has 6 nitrogen and oxygen atoms in total. The van der Waals surface area contributed by atoms with Gasteiger partial charge in [0.05, 0.1) is 11.6 Å². The third-order valence-corrected chi connectivity index (χ3v) is 4.25. The molecular formula is C19H19N5O. The van der Waals surface area contributed by atoms with Gasteiger partial charge >= 0.3 is 0 Å². The molecule has 4 aromatic rings. The lowest BCUT2D eigenvalue weighted by Gasteiger charge is -2.12. The maximum absolute atomic E-state index is 5.90. The quantitative estimate of drug-likeness (QED) is 0.585. The SMILES string of the molecule is Cc1ccc2c(N)noc2c1-c1ccc2c(NC(C)C)nncc2c1. The zero-order chi connectivity index (χ0) is 17.6. The van der Waals surface area contributed by atoms with E-state index < -0.39 is 0 Å². The minimum Gasteiger partial charge on any atom is -0.380 e. The summed E-state index contributed by atoms with van der Waals surface area (Å²) in [5.41, 5.74) is 9.74. The molecule has 0 radical (unpaired) electrons.